The summed E-state index contributed by atoms with van der Waals surface area (Å²) in [5.74, 6) is -0.306. The van der Waals surface area contributed by atoms with E-state index in [1.54, 1.807) is 6.07 Å². The summed E-state index contributed by atoms with van der Waals surface area (Å²) in [5, 5.41) is 20.3. The van der Waals surface area contributed by atoms with Gasteiger partial charge in [-0.05, 0) is 18.1 Å². The quantitative estimate of drug-likeness (QED) is 0.671. The molecule has 0 heterocycles. The van der Waals surface area contributed by atoms with E-state index >= 15 is 0 Å². The normalized spacial score (nSPS) is 10.2. The van der Waals surface area contributed by atoms with Gasteiger partial charge < -0.3 is 10.0 Å². The Morgan fingerprint density at radius 2 is 1.90 bits per heavy atom. The van der Waals surface area contributed by atoms with Crippen LogP contribution in [0, 0.1) is 10.1 Å². The molecule has 0 unspecified atom stereocenters. The first-order valence-electron chi connectivity index (χ1n) is 6.30. The molecule has 0 fully saturated rings. The number of phenols is 1. The first kappa shape index (κ1) is 13.9. The molecule has 0 saturated carbocycles. The average Bonchev–Trinajstić information content (AvgIpc) is 2.45. The third kappa shape index (κ3) is 3.26. The fraction of sp³-hybridized carbons (Fsp3) is 0.200. The van der Waals surface area contributed by atoms with Gasteiger partial charge >= 0.3 is 5.69 Å². The van der Waals surface area contributed by atoms with Crippen LogP contribution in [0.4, 0.5) is 11.4 Å². The third-order valence-electron chi connectivity index (χ3n) is 3.18. The number of nitro benzene ring substituents is 1. The first-order valence-corrected chi connectivity index (χ1v) is 6.30. The molecule has 0 radical (unpaired) electrons. The third-order valence-corrected chi connectivity index (χ3v) is 3.18. The Hall–Kier alpha value is -2.56. The van der Waals surface area contributed by atoms with Gasteiger partial charge in [-0.15, -0.1) is 0 Å². The fourth-order valence-corrected chi connectivity index (χ4v) is 1.97. The largest absolute Gasteiger partial charge is 0.502 e. The number of nitrogens with zero attached hydrogens (tertiary/aromatic N) is 2. The van der Waals surface area contributed by atoms with Crippen molar-refractivity contribution in [2.75, 3.05) is 18.5 Å². The molecule has 0 spiro atoms. The molecule has 104 valence electrons. The van der Waals surface area contributed by atoms with E-state index in [1.165, 1.54) is 17.7 Å². The van der Waals surface area contributed by atoms with Crippen LogP contribution in [0.3, 0.4) is 0 Å². The van der Waals surface area contributed by atoms with Crippen LogP contribution in [0.25, 0.3) is 0 Å². The molecule has 20 heavy (non-hydrogen) atoms. The number of nitro groups is 1. The van der Waals surface area contributed by atoms with Gasteiger partial charge in [0, 0.05) is 31.4 Å². The first-order chi connectivity index (χ1) is 9.58. The van der Waals surface area contributed by atoms with Crippen molar-refractivity contribution >= 4 is 11.4 Å². The van der Waals surface area contributed by atoms with E-state index in [4.69, 9.17) is 0 Å². The molecule has 5 nitrogen and oxygen atoms in total. The Bertz CT molecular complexity index is 599. The van der Waals surface area contributed by atoms with Gasteiger partial charge in [-0.2, -0.15) is 0 Å². The number of hydrogen-bond acceptors (Lipinski definition) is 4. The number of anilines is 1. The SMILES string of the molecule is CN(CCc1ccccc1)c1ccc([N+](=O)[O-])c(O)c1. The van der Waals surface area contributed by atoms with Gasteiger partial charge in [0.15, 0.2) is 5.75 Å². The van der Waals surface area contributed by atoms with Gasteiger partial charge in [-0.1, -0.05) is 30.3 Å². The van der Waals surface area contributed by atoms with Crippen LogP contribution in [-0.2, 0) is 6.42 Å². The summed E-state index contributed by atoms with van der Waals surface area (Å²) in [6, 6.07) is 14.5. The number of aromatic hydroxyl groups is 1. The Morgan fingerprint density at radius 3 is 2.50 bits per heavy atom. The van der Waals surface area contributed by atoms with Gasteiger partial charge in [-0.25, -0.2) is 0 Å². The van der Waals surface area contributed by atoms with Crippen molar-refractivity contribution in [1.82, 2.24) is 0 Å². The molecule has 0 atom stereocenters. The molecule has 0 aliphatic carbocycles. The summed E-state index contributed by atoms with van der Waals surface area (Å²) in [6.45, 7) is 0.765. The van der Waals surface area contributed by atoms with Crippen molar-refractivity contribution in [2.24, 2.45) is 0 Å². The Morgan fingerprint density at radius 1 is 1.20 bits per heavy atom. The topological polar surface area (TPSA) is 66.6 Å². The number of benzene rings is 2. The second-order valence-corrected chi connectivity index (χ2v) is 4.59. The Labute approximate surface area is 117 Å². The van der Waals surface area contributed by atoms with Crippen molar-refractivity contribution in [1.29, 1.82) is 0 Å². The van der Waals surface area contributed by atoms with E-state index in [0.29, 0.717) is 0 Å². The molecule has 0 aliphatic heterocycles. The lowest BCUT2D eigenvalue weighted by molar-refractivity contribution is -0.385. The highest BCUT2D eigenvalue weighted by Crippen LogP contribution is 2.29. The summed E-state index contributed by atoms with van der Waals surface area (Å²) in [6.07, 6.45) is 0.870. The van der Waals surface area contributed by atoms with E-state index in [1.807, 2.05) is 30.1 Å². The minimum atomic E-state index is -0.594. The van der Waals surface area contributed by atoms with E-state index in [-0.39, 0.29) is 11.4 Å². The minimum absolute atomic E-state index is 0.273. The lowest BCUT2D eigenvalue weighted by Gasteiger charge is -2.19. The van der Waals surface area contributed by atoms with Gasteiger partial charge in [0.2, 0.25) is 0 Å². The maximum atomic E-state index is 10.6. The van der Waals surface area contributed by atoms with E-state index < -0.39 is 4.92 Å². The molecular formula is C15H16N2O3. The van der Waals surface area contributed by atoms with Gasteiger partial charge in [0.25, 0.3) is 0 Å². The Balaban J connectivity index is 2.04. The highest BCUT2D eigenvalue weighted by atomic mass is 16.6. The summed E-state index contributed by atoms with van der Waals surface area (Å²) < 4.78 is 0. The number of rotatable bonds is 5. The van der Waals surface area contributed by atoms with E-state index in [2.05, 4.69) is 12.1 Å². The predicted octanol–water partition coefficient (Wildman–Crippen LogP) is 2.98. The fourth-order valence-electron chi connectivity index (χ4n) is 1.97. The number of likely N-dealkylation sites (N-methyl/N-ethyl adjacent to an activating group) is 1. The molecule has 0 amide bonds. The molecule has 2 aromatic carbocycles. The molecule has 0 bridgehead atoms. The second-order valence-electron chi connectivity index (χ2n) is 4.59. The molecule has 0 aliphatic rings. The van der Waals surface area contributed by atoms with Crippen molar-refractivity contribution in [3.05, 3.63) is 64.2 Å². The van der Waals surface area contributed by atoms with Crippen molar-refractivity contribution in [3.8, 4) is 5.75 Å². The van der Waals surface area contributed by atoms with Crippen LogP contribution in [0.1, 0.15) is 5.56 Å². The lowest BCUT2D eigenvalue weighted by Crippen LogP contribution is -2.20. The maximum absolute atomic E-state index is 10.6. The van der Waals surface area contributed by atoms with Crippen molar-refractivity contribution < 1.29 is 10.0 Å². The highest BCUT2D eigenvalue weighted by molar-refractivity contribution is 5.58. The van der Waals surface area contributed by atoms with E-state index in [0.717, 1.165) is 18.7 Å². The molecule has 1 N–H and O–H groups in total. The molecule has 5 heteroatoms. The van der Waals surface area contributed by atoms with Crippen LogP contribution in [-0.4, -0.2) is 23.6 Å². The minimum Gasteiger partial charge on any atom is -0.502 e. The van der Waals surface area contributed by atoms with Crippen LogP contribution in [0.15, 0.2) is 48.5 Å². The molecule has 2 aromatic rings. The van der Waals surface area contributed by atoms with Gasteiger partial charge in [0.1, 0.15) is 0 Å². The zero-order chi connectivity index (χ0) is 14.5. The van der Waals surface area contributed by atoms with Crippen molar-refractivity contribution in [2.45, 2.75) is 6.42 Å². The average molecular weight is 272 g/mol. The molecule has 0 aromatic heterocycles. The zero-order valence-electron chi connectivity index (χ0n) is 11.2. The number of hydrogen-bond donors (Lipinski definition) is 1. The highest BCUT2D eigenvalue weighted by Gasteiger charge is 2.14. The summed E-state index contributed by atoms with van der Waals surface area (Å²) >= 11 is 0. The smallest absolute Gasteiger partial charge is 0.310 e. The lowest BCUT2D eigenvalue weighted by atomic mass is 10.1. The zero-order valence-corrected chi connectivity index (χ0v) is 11.2. The van der Waals surface area contributed by atoms with Gasteiger partial charge in [0.05, 0.1) is 4.92 Å². The standard InChI is InChI=1S/C15H16N2O3/c1-16(10-9-12-5-3-2-4-6-12)13-7-8-14(17(19)20)15(18)11-13/h2-8,11,18H,9-10H2,1H3. The second kappa shape index (κ2) is 6.06. The van der Waals surface area contributed by atoms with E-state index in [9.17, 15) is 15.2 Å². The molecular weight excluding hydrogens is 256 g/mol. The monoisotopic (exact) mass is 272 g/mol. The van der Waals surface area contributed by atoms with Crippen LogP contribution in [0.5, 0.6) is 5.75 Å². The van der Waals surface area contributed by atoms with Crippen LogP contribution >= 0.6 is 0 Å². The predicted molar refractivity (Wildman–Crippen MR) is 78.2 cm³/mol. The molecule has 0 saturated heterocycles. The van der Waals surface area contributed by atoms with Gasteiger partial charge in [-0.3, -0.25) is 10.1 Å². The molecule has 2 rings (SSSR count). The van der Waals surface area contributed by atoms with Crippen LogP contribution in [0.2, 0.25) is 0 Å². The Kier molecular flexibility index (Phi) is 4.20. The summed E-state index contributed by atoms with van der Waals surface area (Å²) in [7, 11) is 1.89. The van der Waals surface area contributed by atoms with Crippen LogP contribution < -0.4 is 4.90 Å². The van der Waals surface area contributed by atoms with Crippen molar-refractivity contribution in [3.63, 3.8) is 0 Å². The number of phenolic OH excluding ortho intramolecular Hbond substituents is 1. The summed E-state index contributed by atoms with van der Waals surface area (Å²) in [5.41, 5.74) is 1.71. The summed E-state index contributed by atoms with van der Waals surface area (Å²) in [4.78, 5) is 12.0. The maximum Gasteiger partial charge on any atom is 0.310 e.